The highest BCUT2D eigenvalue weighted by molar-refractivity contribution is 7.90. The van der Waals surface area contributed by atoms with E-state index < -0.39 is 15.9 Å². The zero-order chi connectivity index (χ0) is 23.8. The minimum absolute atomic E-state index is 0.0134. The standard InChI is InChI=1S/C22H27N5O5S/c1-13(28)10-23-16-5-4-14(8-19(16)33(3,30)31)17-9-18-20(22(29)27(2)12-24-18)21(26-17)25-15-6-7-32-11-15/h4-5,8-9,12-13,15,23,28H,6-7,10-11H2,1-3H3,(H,25,26)/t13-,15-/m1/s1. The van der Waals surface area contributed by atoms with Crippen molar-refractivity contribution < 1.29 is 18.3 Å². The zero-order valence-corrected chi connectivity index (χ0v) is 19.5. The second kappa shape index (κ2) is 9.08. The van der Waals surface area contributed by atoms with Crippen LogP contribution in [0.1, 0.15) is 13.3 Å². The smallest absolute Gasteiger partial charge is 0.264 e. The molecule has 3 aromatic rings. The van der Waals surface area contributed by atoms with Gasteiger partial charge in [0.1, 0.15) is 11.2 Å². The number of hydrogen-bond donors (Lipinski definition) is 3. The molecule has 176 valence electrons. The number of aliphatic hydroxyl groups excluding tert-OH is 1. The Bertz CT molecular complexity index is 1350. The molecule has 1 aliphatic rings. The van der Waals surface area contributed by atoms with Crippen LogP contribution in [0.5, 0.6) is 0 Å². The molecule has 0 unspecified atom stereocenters. The van der Waals surface area contributed by atoms with Gasteiger partial charge in [0.15, 0.2) is 9.84 Å². The first kappa shape index (κ1) is 23.1. The minimum Gasteiger partial charge on any atom is -0.392 e. The quantitative estimate of drug-likeness (QED) is 0.465. The van der Waals surface area contributed by atoms with Gasteiger partial charge in [-0.05, 0) is 31.5 Å². The van der Waals surface area contributed by atoms with Crippen molar-refractivity contribution in [3.05, 3.63) is 40.9 Å². The third-order valence-electron chi connectivity index (χ3n) is 5.44. The molecule has 10 nitrogen and oxygen atoms in total. The van der Waals surface area contributed by atoms with E-state index in [-0.39, 0.29) is 23.0 Å². The SMILES string of the molecule is C[C@@H](O)CNc1ccc(-c2cc3ncn(C)c(=O)c3c(N[C@@H]3CCOC3)n2)cc1S(C)(=O)=O. The van der Waals surface area contributed by atoms with Gasteiger partial charge in [0, 0.05) is 32.0 Å². The summed E-state index contributed by atoms with van der Waals surface area (Å²) >= 11 is 0. The molecule has 0 saturated carbocycles. The third-order valence-corrected chi connectivity index (χ3v) is 6.57. The van der Waals surface area contributed by atoms with Crippen LogP contribution in [0.3, 0.4) is 0 Å². The summed E-state index contributed by atoms with van der Waals surface area (Å²) in [6.07, 6.45) is 2.73. The summed E-state index contributed by atoms with van der Waals surface area (Å²) in [7, 11) is -1.94. The molecule has 2 aromatic heterocycles. The predicted octanol–water partition coefficient (Wildman–Crippen LogP) is 1.39. The van der Waals surface area contributed by atoms with E-state index in [4.69, 9.17) is 4.74 Å². The molecule has 1 saturated heterocycles. The van der Waals surface area contributed by atoms with Crippen molar-refractivity contribution in [3.8, 4) is 11.3 Å². The maximum Gasteiger partial charge on any atom is 0.264 e. The number of pyridine rings is 1. The van der Waals surface area contributed by atoms with E-state index in [1.54, 1.807) is 32.2 Å². The number of ether oxygens (including phenoxy) is 1. The second-order valence-corrected chi connectivity index (χ2v) is 10.3. The number of nitrogens with zero attached hydrogens (tertiary/aromatic N) is 3. The fourth-order valence-corrected chi connectivity index (χ4v) is 4.59. The number of nitrogens with one attached hydrogen (secondary N) is 2. The number of benzene rings is 1. The molecule has 33 heavy (non-hydrogen) atoms. The Morgan fingerprint density at radius 3 is 2.79 bits per heavy atom. The van der Waals surface area contributed by atoms with E-state index in [9.17, 15) is 18.3 Å². The average Bonchev–Trinajstić information content (AvgIpc) is 3.27. The lowest BCUT2D eigenvalue weighted by Gasteiger charge is -2.16. The molecular formula is C22H27N5O5S. The Labute approximate surface area is 191 Å². The molecule has 0 amide bonds. The van der Waals surface area contributed by atoms with Crippen molar-refractivity contribution in [2.24, 2.45) is 7.05 Å². The highest BCUT2D eigenvalue weighted by Crippen LogP contribution is 2.31. The van der Waals surface area contributed by atoms with Crippen LogP contribution in [-0.4, -0.2) is 66.2 Å². The van der Waals surface area contributed by atoms with Crippen LogP contribution < -0.4 is 16.2 Å². The lowest BCUT2D eigenvalue weighted by Crippen LogP contribution is -2.24. The highest BCUT2D eigenvalue weighted by atomic mass is 32.2. The van der Waals surface area contributed by atoms with Crippen molar-refractivity contribution >= 4 is 32.2 Å². The molecule has 1 aliphatic heterocycles. The lowest BCUT2D eigenvalue weighted by molar-refractivity contribution is 0.195. The number of rotatable bonds is 7. The number of sulfone groups is 1. The molecule has 11 heteroatoms. The highest BCUT2D eigenvalue weighted by Gasteiger charge is 2.21. The Balaban J connectivity index is 1.85. The van der Waals surface area contributed by atoms with Gasteiger partial charge in [-0.3, -0.25) is 4.79 Å². The summed E-state index contributed by atoms with van der Waals surface area (Å²) in [5.74, 6) is 0.393. The van der Waals surface area contributed by atoms with Gasteiger partial charge in [0.2, 0.25) is 0 Å². The van der Waals surface area contributed by atoms with Gasteiger partial charge in [-0.25, -0.2) is 18.4 Å². The average molecular weight is 474 g/mol. The van der Waals surface area contributed by atoms with Gasteiger partial charge >= 0.3 is 0 Å². The van der Waals surface area contributed by atoms with Crippen molar-refractivity contribution in [2.75, 3.05) is 36.6 Å². The zero-order valence-electron chi connectivity index (χ0n) is 18.7. The Morgan fingerprint density at radius 1 is 1.33 bits per heavy atom. The van der Waals surface area contributed by atoms with E-state index in [0.29, 0.717) is 46.9 Å². The largest absolute Gasteiger partial charge is 0.392 e. The maximum atomic E-state index is 12.8. The van der Waals surface area contributed by atoms with Gasteiger partial charge in [0.25, 0.3) is 5.56 Å². The Hall–Kier alpha value is -3.02. The summed E-state index contributed by atoms with van der Waals surface area (Å²) in [5, 5.41) is 16.2. The summed E-state index contributed by atoms with van der Waals surface area (Å²) < 4.78 is 31.8. The van der Waals surface area contributed by atoms with Crippen molar-refractivity contribution in [1.29, 1.82) is 0 Å². The van der Waals surface area contributed by atoms with Crippen LogP contribution in [0.25, 0.3) is 22.2 Å². The number of aliphatic hydroxyl groups is 1. The van der Waals surface area contributed by atoms with Crippen LogP contribution >= 0.6 is 0 Å². The summed E-state index contributed by atoms with van der Waals surface area (Å²) in [4.78, 5) is 22.0. The van der Waals surface area contributed by atoms with Crippen molar-refractivity contribution in [3.63, 3.8) is 0 Å². The van der Waals surface area contributed by atoms with Crippen LogP contribution in [-0.2, 0) is 21.6 Å². The van der Waals surface area contributed by atoms with Gasteiger partial charge in [0.05, 0.1) is 46.9 Å². The topological polar surface area (TPSA) is 135 Å². The molecule has 2 atom stereocenters. The maximum absolute atomic E-state index is 12.8. The van der Waals surface area contributed by atoms with Crippen molar-refractivity contribution in [1.82, 2.24) is 14.5 Å². The first-order chi connectivity index (χ1) is 15.6. The molecule has 3 heterocycles. The fourth-order valence-electron chi connectivity index (χ4n) is 3.71. The second-order valence-electron chi connectivity index (χ2n) is 8.33. The number of aromatic nitrogens is 3. The monoisotopic (exact) mass is 473 g/mol. The van der Waals surface area contributed by atoms with E-state index in [1.165, 1.54) is 17.0 Å². The van der Waals surface area contributed by atoms with Crippen LogP contribution in [0.15, 0.2) is 40.3 Å². The van der Waals surface area contributed by atoms with E-state index >= 15 is 0 Å². The summed E-state index contributed by atoms with van der Waals surface area (Å²) in [6, 6.07) is 6.63. The van der Waals surface area contributed by atoms with Crippen LogP contribution in [0, 0.1) is 0 Å². The van der Waals surface area contributed by atoms with Gasteiger partial charge in [-0.2, -0.15) is 0 Å². The number of anilines is 2. The number of fused-ring (bicyclic) bond motifs is 1. The predicted molar refractivity (Wildman–Crippen MR) is 126 cm³/mol. The van der Waals surface area contributed by atoms with Crippen LogP contribution in [0.2, 0.25) is 0 Å². The Kier molecular flexibility index (Phi) is 6.37. The minimum atomic E-state index is -3.57. The summed E-state index contributed by atoms with van der Waals surface area (Å²) in [6.45, 7) is 2.96. The Morgan fingerprint density at radius 2 is 2.12 bits per heavy atom. The lowest BCUT2D eigenvalue weighted by atomic mass is 10.1. The van der Waals surface area contributed by atoms with Gasteiger partial charge < -0.3 is 25.0 Å². The van der Waals surface area contributed by atoms with Gasteiger partial charge in [-0.1, -0.05) is 6.07 Å². The van der Waals surface area contributed by atoms with E-state index in [2.05, 4.69) is 20.6 Å². The molecule has 3 N–H and O–H groups in total. The van der Waals surface area contributed by atoms with Crippen LogP contribution in [0.4, 0.5) is 11.5 Å². The van der Waals surface area contributed by atoms with Crippen molar-refractivity contribution in [2.45, 2.75) is 30.4 Å². The molecule has 0 radical (unpaired) electrons. The first-order valence-electron chi connectivity index (χ1n) is 10.6. The molecule has 0 bridgehead atoms. The first-order valence-corrected chi connectivity index (χ1v) is 12.5. The molecule has 1 aromatic carbocycles. The van der Waals surface area contributed by atoms with E-state index in [1.807, 2.05) is 0 Å². The fraction of sp³-hybridized carbons (Fsp3) is 0.409. The molecule has 1 fully saturated rings. The third kappa shape index (κ3) is 5.00. The molecule has 0 spiro atoms. The van der Waals surface area contributed by atoms with Gasteiger partial charge in [-0.15, -0.1) is 0 Å². The number of aryl methyl sites for hydroxylation is 1. The molecular weight excluding hydrogens is 446 g/mol. The molecule has 0 aliphatic carbocycles. The number of hydrogen-bond acceptors (Lipinski definition) is 9. The normalized spacial score (nSPS) is 17.3. The summed E-state index contributed by atoms with van der Waals surface area (Å²) in [5.41, 5.74) is 1.68. The molecule has 4 rings (SSSR count). The van der Waals surface area contributed by atoms with E-state index in [0.717, 1.165) is 12.7 Å².